The van der Waals surface area contributed by atoms with Gasteiger partial charge in [0.1, 0.15) is 0 Å². The van der Waals surface area contributed by atoms with E-state index in [4.69, 9.17) is 0 Å². The SMILES string of the molecule is CCN(CC)CCNC(=O)c1cccc(S(=O)(=O)N2CCN(c3ccccc3)CC2)c1. The molecule has 0 aliphatic carbocycles. The minimum Gasteiger partial charge on any atom is -0.369 e. The van der Waals surface area contributed by atoms with Gasteiger partial charge in [0.25, 0.3) is 5.91 Å². The molecule has 7 nitrogen and oxygen atoms in total. The minimum atomic E-state index is -3.65. The minimum absolute atomic E-state index is 0.164. The van der Waals surface area contributed by atoms with E-state index in [1.807, 2.05) is 30.3 Å². The lowest BCUT2D eigenvalue weighted by atomic mass is 10.2. The van der Waals surface area contributed by atoms with Crippen molar-refractivity contribution in [1.29, 1.82) is 0 Å². The molecule has 0 bridgehead atoms. The first-order valence-electron chi connectivity index (χ1n) is 10.9. The van der Waals surface area contributed by atoms with Crippen LogP contribution in [0.3, 0.4) is 0 Å². The van der Waals surface area contributed by atoms with Crippen molar-refractivity contribution < 1.29 is 13.2 Å². The summed E-state index contributed by atoms with van der Waals surface area (Å²) in [4.78, 5) is 17.1. The lowest BCUT2D eigenvalue weighted by Crippen LogP contribution is -2.48. The highest BCUT2D eigenvalue weighted by Gasteiger charge is 2.29. The molecule has 168 valence electrons. The quantitative estimate of drug-likeness (QED) is 0.642. The molecule has 0 saturated carbocycles. The Morgan fingerprint density at radius 1 is 0.968 bits per heavy atom. The Morgan fingerprint density at radius 2 is 1.65 bits per heavy atom. The van der Waals surface area contributed by atoms with Crippen molar-refractivity contribution in [1.82, 2.24) is 14.5 Å². The number of hydrogen-bond acceptors (Lipinski definition) is 5. The smallest absolute Gasteiger partial charge is 0.251 e. The van der Waals surface area contributed by atoms with E-state index in [1.54, 1.807) is 18.2 Å². The predicted molar refractivity (Wildman–Crippen MR) is 124 cm³/mol. The molecule has 1 aliphatic heterocycles. The number of nitrogens with one attached hydrogen (secondary N) is 1. The van der Waals surface area contributed by atoms with Gasteiger partial charge >= 0.3 is 0 Å². The molecule has 0 atom stereocenters. The number of nitrogens with zero attached hydrogens (tertiary/aromatic N) is 3. The van der Waals surface area contributed by atoms with Crippen LogP contribution in [0.25, 0.3) is 0 Å². The molecule has 0 aromatic heterocycles. The number of piperazine rings is 1. The monoisotopic (exact) mass is 444 g/mol. The summed E-state index contributed by atoms with van der Waals surface area (Å²) >= 11 is 0. The van der Waals surface area contributed by atoms with Gasteiger partial charge in [-0.2, -0.15) is 4.31 Å². The Labute approximate surface area is 185 Å². The molecule has 1 N–H and O–H groups in total. The van der Waals surface area contributed by atoms with Crippen molar-refractivity contribution in [3.05, 3.63) is 60.2 Å². The molecular weight excluding hydrogens is 412 g/mol. The van der Waals surface area contributed by atoms with Gasteiger partial charge in [0.15, 0.2) is 0 Å². The summed E-state index contributed by atoms with van der Waals surface area (Å²) in [7, 11) is -3.65. The molecule has 8 heteroatoms. The average molecular weight is 445 g/mol. The lowest BCUT2D eigenvalue weighted by molar-refractivity contribution is 0.0948. The van der Waals surface area contributed by atoms with Crippen molar-refractivity contribution in [2.24, 2.45) is 0 Å². The van der Waals surface area contributed by atoms with Crippen molar-refractivity contribution >= 4 is 21.6 Å². The number of likely N-dealkylation sites (N-methyl/N-ethyl adjacent to an activating group) is 1. The number of anilines is 1. The first kappa shape index (κ1) is 23.2. The van der Waals surface area contributed by atoms with Crippen LogP contribution in [0.2, 0.25) is 0 Å². The summed E-state index contributed by atoms with van der Waals surface area (Å²) in [5.41, 5.74) is 1.46. The summed E-state index contributed by atoms with van der Waals surface area (Å²) in [6.45, 7) is 9.41. The van der Waals surface area contributed by atoms with Gasteiger partial charge in [-0.3, -0.25) is 4.79 Å². The highest BCUT2D eigenvalue weighted by Crippen LogP contribution is 2.21. The third kappa shape index (κ3) is 5.84. The topological polar surface area (TPSA) is 73.0 Å². The molecule has 0 unspecified atom stereocenters. The van der Waals surface area contributed by atoms with E-state index in [1.165, 1.54) is 10.4 Å². The fourth-order valence-corrected chi connectivity index (χ4v) is 5.21. The number of para-hydroxylation sites is 1. The van der Waals surface area contributed by atoms with Gasteiger partial charge in [0.2, 0.25) is 10.0 Å². The predicted octanol–water partition coefficient (Wildman–Crippen LogP) is 2.27. The number of sulfonamides is 1. The van der Waals surface area contributed by atoms with Gasteiger partial charge in [0.05, 0.1) is 4.90 Å². The maximum atomic E-state index is 13.2. The largest absolute Gasteiger partial charge is 0.369 e. The van der Waals surface area contributed by atoms with E-state index in [0.29, 0.717) is 38.3 Å². The fraction of sp³-hybridized carbons (Fsp3) is 0.435. The number of rotatable bonds is 9. The zero-order valence-corrected chi connectivity index (χ0v) is 19.1. The van der Waals surface area contributed by atoms with Crippen LogP contribution in [0, 0.1) is 0 Å². The van der Waals surface area contributed by atoms with Crippen molar-refractivity contribution in [3.63, 3.8) is 0 Å². The molecule has 1 heterocycles. The van der Waals surface area contributed by atoms with E-state index in [2.05, 4.69) is 29.0 Å². The number of carbonyl (C=O) groups excluding carboxylic acids is 1. The average Bonchev–Trinajstić information content (AvgIpc) is 2.82. The van der Waals surface area contributed by atoms with E-state index in [0.717, 1.165) is 25.3 Å². The second kappa shape index (κ2) is 10.7. The van der Waals surface area contributed by atoms with Crippen molar-refractivity contribution in [2.45, 2.75) is 18.7 Å². The molecule has 0 spiro atoms. The van der Waals surface area contributed by atoms with E-state index >= 15 is 0 Å². The molecule has 2 aromatic rings. The maximum Gasteiger partial charge on any atom is 0.251 e. The number of hydrogen-bond donors (Lipinski definition) is 1. The molecule has 1 aliphatic rings. The van der Waals surface area contributed by atoms with Crippen LogP contribution < -0.4 is 10.2 Å². The summed E-state index contributed by atoms with van der Waals surface area (Å²) in [5, 5.41) is 2.88. The van der Waals surface area contributed by atoms with Crippen LogP contribution in [0.4, 0.5) is 5.69 Å². The standard InChI is InChI=1S/C23H32N4O3S/c1-3-25(4-2)14-13-24-23(28)20-9-8-12-22(19-20)31(29,30)27-17-15-26(16-18-27)21-10-6-5-7-11-21/h5-12,19H,3-4,13-18H2,1-2H3,(H,24,28). The molecule has 1 saturated heterocycles. The van der Waals surface area contributed by atoms with Gasteiger partial charge in [-0.15, -0.1) is 0 Å². The second-order valence-electron chi connectivity index (χ2n) is 7.54. The first-order chi connectivity index (χ1) is 15.0. The van der Waals surface area contributed by atoms with Crippen molar-refractivity contribution in [2.75, 3.05) is 57.3 Å². The Balaban J connectivity index is 1.62. The van der Waals surface area contributed by atoms with Crippen LogP contribution in [0.1, 0.15) is 24.2 Å². The zero-order valence-electron chi connectivity index (χ0n) is 18.3. The molecule has 0 radical (unpaired) electrons. The number of amides is 1. The molecule has 31 heavy (non-hydrogen) atoms. The molecule has 1 amide bonds. The van der Waals surface area contributed by atoms with Crippen LogP contribution in [-0.2, 0) is 10.0 Å². The lowest BCUT2D eigenvalue weighted by Gasteiger charge is -2.35. The number of benzene rings is 2. The van der Waals surface area contributed by atoms with E-state index < -0.39 is 10.0 Å². The van der Waals surface area contributed by atoms with E-state index in [9.17, 15) is 13.2 Å². The third-order valence-electron chi connectivity index (χ3n) is 5.70. The Morgan fingerprint density at radius 3 is 2.29 bits per heavy atom. The van der Waals surface area contributed by atoms with Gasteiger partial charge < -0.3 is 15.1 Å². The van der Waals surface area contributed by atoms with Crippen LogP contribution in [-0.4, -0.2) is 75.9 Å². The first-order valence-corrected chi connectivity index (χ1v) is 12.3. The molecule has 1 fully saturated rings. The Bertz CT molecular complexity index is 954. The van der Waals surface area contributed by atoms with Gasteiger partial charge in [-0.25, -0.2) is 8.42 Å². The third-order valence-corrected chi connectivity index (χ3v) is 7.60. The fourth-order valence-electron chi connectivity index (χ4n) is 3.74. The summed E-state index contributed by atoms with van der Waals surface area (Å²) < 4.78 is 27.8. The van der Waals surface area contributed by atoms with Gasteiger partial charge in [-0.05, 0) is 43.4 Å². The summed E-state index contributed by atoms with van der Waals surface area (Å²) in [6.07, 6.45) is 0. The Hall–Kier alpha value is -2.42. The maximum absolute atomic E-state index is 13.2. The van der Waals surface area contributed by atoms with Gasteiger partial charge in [-0.1, -0.05) is 38.1 Å². The van der Waals surface area contributed by atoms with Crippen molar-refractivity contribution in [3.8, 4) is 0 Å². The summed E-state index contributed by atoms with van der Waals surface area (Å²) in [6, 6.07) is 16.3. The van der Waals surface area contributed by atoms with Crippen LogP contribution >= 0.6 is 0 Å². The van der Waals surface area contributed by atoms with Gasteiger partial charge in [0, 0.05) is 50.5 Å². The van der Waals surface area contributed by atoms with Crippen LogP contribution in [0.5, 0.6) is 0 Å². The highest BCUT2D eigenvalue weighted by atomic mass is 32.2. The van der Waals surface area contributed by atoms with Crippen LogP contribution in [0.15, 0.2) is 59.5 Å². The molecular formula is C23H32N4O3S. The number of carbonyl (C=O) groups is 1. The zero-order chi connectivity index (χ0) is 22.3. The molecule has 2 aromatic carbocycles. The molecule has 3 rings (SSSR count). The normalized spacial score (nSPS) is 15.3. The Kier molecular flexibility index (Phi) is 8.06. The van der Waals surface area contributed by atoms with E-state index in [-0.39, 0.29) is 10.8 Å². The second-order valence-corrected chi connectivity index (χ2v) is 9.48. The highest BCUT2D eigenvalue weighted by molar-refractivity contribution is 7.89. The summed E-state index contributed by atoms with van der Waals surface area (Å²) in [5.74, 6) is -0.252.